The Hall–Kier alpha value is -2.45. The van der Waals surface area contributed by atoms with Gasteiger partial charge < -0.3 is 25.2 Å². The number of carbonyl (C=O) groups excluding carboxylic acids is 1. The van der Waals surface area contributed by atoms with Gasteiger partial charge in [-0.25, -0.2) is 4.79 Å². The van der Waals surface area contributed by atoms with E-state index >= 15 is 0 Å². The number of hydrogen-bond acceptors (Lipinski definition) is 5. The summed E-state index contributed by atoms with van der Waals surface area (Å²) in [5, 5.41) is 22.3. The minimum absolute atomic E-state index is 0.167. The fraction of sp³-hybridized carbons (Fsp3) is 0.591. The van der Waals surface area contributed by atoms with Crippen molar-refractivity contribution in [3.05, 3.63) is 35.9 Å². The Morgan fingerprint density at radius 3 is 2.60 bits per heavy atom. The number of aliphatic carboxylic acids is 2. The predicted octanol–water partition coefficient (Wildman–Crippen LogP) is 1.56. The first-order valence-corrected chi connectivity index (χ1v) is 10.5. The second-order valence-corrected chi connectivity index (χ2v) is 8.23. The van der Waals surface area contributed by atoms with Crippen molar-refractivity contribution in [2.75, 3.05) is 26.3 Å². The SMILES string of the molecule is C[C@H](NCCC(C(=O)O)c1ccccc1)C(=O)N1CC2COCCC2CC1C(=O)O. The maximum absolute atomic E-state index is 13.0. The Bertz CT molecular complexity index is 755. The van der Waals surface area contributed by atoms with Crippen molar-refractivity contribution in [1.29, 1.82) is 0 Å². The molecule has 30 heavy (non-hydrogen) atoms. The van der Waals surface area contributed by atoms with Crippen molar-refractivity contribution < 1.29 is 29.3 Å². The van der Waals surface area contributed by atoms with Crippen LogP contribution in [0.5, 0.6) is 0 Å². The molecule has 8 nitrogen and oxygen atoms in total. The van der Waals surface area contributed by atoms with Crippen LogP contribution in [0, 0.1) is 11.8 Å². The Morgan fingerprint density at radius 2 is 1.93 bits per heavy atom. The highest BCUT2D eigenvalue weighted by molar-refractivity contribution is 5.87. The summed E-state index contributed by atoms with van der Waals surface area (Å²) in [7, 11) is 0. The third-order valence-electron chi connectivity index (χ3n) is 6.29. The first-order valence-electron chi connectivity index (χ1n) is 10.5. The highest BCUT2D eigenvalue weighted by atomic mass is 16.5. The summed E-state index contributed by atoms with van der Waals surface area (Å²) in [6, 6.07) is 7.57. The third-order valence-corrected chi connectivity index (χ3v) is 6.29. The molecule has 2 aliphatic heterocycles. The molecule has 164 valence electrons. The lowest BCUT2D eigenvalue weighted by Gasteiger charge is -2.45. The average Bonchev–Trinajstić information content (AvgIpc) is 2.75. The van der Waals surface area contributed by atoms with Gasteiger partial charge in [0.2, 0.25) is 5.91 Å². The molecule has 0 aliphatic carbocycles. The van der Waals surface area contributed by atoms with Crippen LogP contribution < -0.4 is 5.32 Å². The quantitative estimate of drug-likeness (QED) is 0.587. The lowest BCUT2D eigenvalue weighted by Crippen LogP contribution is -2.59. The van der Waals surface area contributed by atoms with Crippen LogP contribution in [0.25, 0.3) is 0 Å². The monoisotopic (exact) mass is 418 g/mol. The van der Waals surface area contributed by atoms with E-state index in [2.05, 4.69) is 5.32 Å². The molecular formula is C22H30N2O6. The number of rotatable bonds is 8. The second-order valence-electron chi connectivity index (χ2n) is 8.23. The van der Waals surface area contributed by atoms with E-state index in [-0.39, 0.29) is 17.7 Å². The molecule has 5 atom stereocenters. The molecule has 3 rings (SSSR count). The van der Waals surface area contributed by atoms with E-state index < -0.39 is 29.9 Å². The molecule has 8 heteroatoms. The van der Waals surface area contributed by atoms with Crippen LogP contribution in [0.15, 0.2) is 30.3 Å². The predicted molar refractivity (Wildman–Crippen MR) is 109 cm³/mol. The zero-order valence-corrected chi connectivity index (χ0v) is 17.2. The molecule has 2 fully saturated rings. The third kappa shape index (κ3) is 5.17. The molecule has 1 amide bonds. The normalized spacial score (nSPS) is 25.8. The lowest BCUT2D eigenvalue weighted by atomic mass is 9.79. The molecule has 2 heterocycles. The minimum atomic E-state index is -0.976. The van der Waals surface area contributed by atoms with E-state index in [1.807, 2.05) is 6.07 Å². The maximum atomic E-state index is 13.0. The molecule has 2 aliphatic rings. The van der Waals surface area contributed by atoms with Crippen molar-refractivity contribution in [3.8, 4) is 0 Å². The van der Waals surface area contributed by atoms with Crippen molar-refractivity contribution >= 4 is 17.8 Å². The van der Waals surface area contributed by atoms with Gasteiger partial charge in [-0.05, 0) is 44.2 Å². The van der Waals surface area contributed by atoms with Crippen LogP contribution in [-0.2, 0) is 19.1 Å². The molecule has 4 unspecified atom stereocenters. The zero-order chi connectivity index (χ0) is 21.7. The largest absolute Gasteiger partial charge is 0.481 e. The van der Waals surface area contributed by atoms with Crippen LogP contribution in [0.2, 0.25) is 0 Å². The Labute approximate surface area is 176 Å². The number of amides is 1. The topological polar surface area (TPSA) is 116 Å². The summed E-state index contributed by atoms with van der Waals surface area (Å²) >= 11 is 0. The fourth-order valence-electron chi connectivity index (χ4n) is 4.52. The molecule has 3 N–H and O–H groups in total. The number of benzene rings is 1. The van der Waals surface area contributed by atoms with Crippen molar-refractivity contribution in [1.82, 2.24) is 10.2 Å². The number of hydrogen-bond donors (Lipinski definition) is 3. The first kappa shape index (κ1) is 22.2. The molecule has 0 radical (unpaired) electrons. The summed E-state index contributed by atoms with van der Waals surface area (Å²) in [4.78, 5) is 37.9. The summed E-state index contributed by atoms with van der Waals surface area (Å²) in [5.74, 6) is -2.38. The van der Waals surface area contributed by atoms with E-state index in [1.54, 1.807) is 31.2 Å². The highest BCUT2D eigenvalue weighted by Crippen LogP contribution is 2.34. The summed E-state index contributed by atoms with van der Waals surface area (Å²) in [6.45, 7) is 3.61. The molecule has 0 saturated carbocycles. The fourth-order valence-corrected chi connectivity index (χ4v) is 4.52. The van der Waals surface area contributed by atoms with Crippen molar-refractivity contribution in [2.45, 2.75) is 44.2 Å². The Balaban J connectivity index is 1.58. The summed E-state index contributed by atoms with van der Waals surface area (Å²) < 4.78 is 5.52. The first-order chi connectivity index (χ1) is 14.4. The number of nitrogens with one attached hydrogen (secondary N) is 1. The van der Waals surface area contributed by atoms with E-state index in [9.17, 15) is 24.6 Å². The molecule has 0 bridgehead atoms. The standard InChI is InChI=1S/C22H30N2O6/c1-14(23-9-7-18(21(26)27)15-5-3-2-4-6-15)20(25)24-12-17-13-30-10-8-16(17)11-19(24)22(28)29/h2-6,14,16-19,23H,7-13H2,1H3,(H,26,27)(H,28,29)/t14-,16?,17?,18?,19?/m0/s1. The Morgan fingerprint density at radius 1 is 1.20 bits per heavy atom. The minimum Gasteiger partial charge on any atom is -0.481 e. The number of ether oxygens (including phenoxy) is 1. The van der Waals surface area contributed by atoms with Gasteiger partial charge in [0.25, 0.3) is 0 Å². The van der Waals surface area contributed by atoms with Gasteiger partial charge in [-0.2, -0.15) is 0 Å². The highest BCUT2D eigenvalue weighted by Gasteiger charge is 2.43. The van der Waals surface area contributed by atoms with Crippen LogP contribution in [0.1, 0.15) is 37.7 Å². The van der Waals surface area contributed by atoms with Gasteiger partial charge in [-0.3, -0.25) is 9.59 Å². The van der Waals surface area contributed by atoms with Gasteiger partial charge in [0.15, 0.2) is 0 Å². The van der Waals surface area contributed by atoms with E-state index in [1.165, 1.54) is 4.90 Å². The number of piperidine rings is 1. The van der Waals surface area contributed by atoms with Gasteiger partial charge >= 0.3 is 11.9 Å². The van der Waals surface area contributed by atoms with Gasteiger partial charge in [0.1, 0.15) is 6.04 Å². The molecule has 0 aromatic heterocycles. The van der Waals surface area contributed by atoms with Gasteiger partial charge in [0, 0.05) is 19.1 Å². The van der Waals surface area contributed by atoms with Gasteiger partial charge in [0.05, 0.1) is 18.6 Å². The number of fused-ring (bicyclic) bond motifs is 1. The average molecular weight is 418 g/mol. The molecule has 1 aromatic rings. The Kier molecular flexibility index (Phi) is 7.44. The van der Waals surface area contributed by atoms with Crippen LogP contribution >= 0.6 is 0 Å². The maximum Gasteiger partial charge on any atom is 0.326 e. The van der Waals surface area contributed by atoms with Crippen molar-refractivity contribution in [3.63, 3.8) is 0 Å². The number of carbonyl (C=O) groups is 3. The van der Waals surface area contributed by atoms with Crippen LogP contribution in [0.3, 0.4) is 0 Å². The second kappa shape index (κ2) is 10.0. The van der Waals surface area contributed by atoms with Crippen LogP contribution in [-0.4, -0.2) is 71.3 Å². The smallest absolute Gasteiger partial charge is 0.326 e. The summed E-state index contributed by atoms with van der Waals surface area (Å²) in [5.41, 5.74) is 0.719. The van der Waals surface area contributed by atoms with E-state index in [4.69, 9.17) is 4.74 Å². The number of nitrogens with zero attached hydrogens (tertiary/aromatic N) is 1. The van der Waals surface area contributed by atoms with Gasteiger partial charge in [-0.1, -0.05) is 30.3 Å². The van der Waals surface area contributed by atoms with Crippen molar-refractivity contribution in [2.24, 2.45) is 11.8 Å². The zero-order valence-electron chi connectivity index (χ0n) is 17.2. The number of likely N-dealkylation sites (tertiary alicyclic amines) is 1. The number of carboxylic acids is 2. The van der Waals surface area contributed by atoms with Crippen LogP contribution in [0.4, 0.5) is 0 Å². The molecule has 0 spiro atoms. The molecule has 1 aromatic carbocycles. The molecular weight excluding hydrogens is 388 g/mol. The number of carboxylic acid groups (broad SMARTS) is 2. The summed E-state index contributed by atoms with van der Waals surface area (Å²) in [6.07, 6.45) is 1.62. The van der Waals surface area contributed by atoms with E-state index in [0.29, 0.717) is 39.1 Å². The van der Waals surface area contributed by atoms with E-state index in [0.717, 1.165) is 12.0 Å². The van der Waals surface area contributed by atoms with Gasteiger partial charge in [-0.15, -0.1) is 0 Å². The molecule has 2 saturated heterocycles. The lowest BCUT2D eigenvalue weighted by molar-refractivity contribution is -0.158.